The SMILES string of the molecule is N#C[C@H](NC(=O)[C@@H]1CCCO1)c1cnn(-c2ccccc2)c1. The molecule has 1 aliphatic rings. The minimum absolute atomic E-state index is 0.239. The van der Waals surface area contributed by atoms with Gasteiger partial charge < -0.3 is 10.1 Å². The fourth-order valence-corrected chi connectivity index (χ4v) is 2.42. The van der Waals surface area contributed by atoms with Gasteiger partial charge in [-0.1, -0.05) is 18.2 Å². The molecule has 1 aromatic carbocycles. The highest BCUT2D eigenvalue weighted by molar-refractivity contribution is 5.81. The topological polar surface area (TPSA) is 79.9 Å². The van der Waals surface area contributed by atoms with Crippen molar-refractivity contribution in [2.24, 2.45) is 0 Å². The second kappa shape index (κ2) is 6.41. The Kier molecular flexibility index (Phi) is 4.17. The van der Waals surface area contributed by atoms with E-state index in [1.165, 1.54) is 0 Å². The number of carbonyl (C=O) groups excluding carboxylic acids is 1. The van der Waals surface area contributed by atoms with Crippen LogP contribution in [-0.4, -0.2) is 28.4 Å². The maximum absolute atomic E-state index is 12.1. The van der Waals surface area contributed by atoms with Gasteiger partial charge in [-0.15, -0.1) is 0 Å². The molecule has 22 heavy (non-hydrogen) atoms. The van der Waals surface area contributed by atoms with Crippen LogP contribution in [0.1, 0.15) is 24.4 Å². The molecule has 2 aromatic rings. The average Bonchev–Trinajstić information content (AvgIpc) is 3.24. The molecule has 2 atom stereocenters. The van der Waals surface area contributed by atoms with Gasteiger partial charge in [-0.2, -0.15) is 10.4 Å². The molecule has 1 aliphatic heterocycles. The first-order chi connectivity index (χ1) is 10.8. The number of hydrogen-bond acceptors (Lipinski definition) is 4. The van der Waals surface area contributed by atoms with Crippen LogP contribution in [0.4, 0.5) is 0 Å². The molecular formula is C16H16N4O2. The van der Waals surface area contributed by atoms with E-state index < -0.39 is 12.1 Å². The molecule has 0 aliphatic carbocycles. The number of rotatable bonds is 4. The van der Waals surface area contributed by atoms with Gasteiger partial charge in [0.15, 0.2) is 0 Å². The van der Waals surface area contributed by atoms with E-state index >= 15 is 0 Å². The number of benzene rings is 1. The van der Waals surface area contributed by atoms with E-state index in [2.05, 4.69) is 16.5 Å². The predicted octanol–water partition coefficient (Wildman–Crippen LogP) is 1.73. The molecule has 0 spiro atoms. The summed E-state index contributed by atoms with van der Waals surface area (Å²) in [5, 5.41) is 16.3. The summed E-state index contributed by atoms with van der Waals surface area (Å²) < 4.78 is 7.01. The van der Waals surface area contributed by atoms with Crippen molar-refractivity contribution in [2.45, 2.75) is 25.0 Å². The minimum atomic E-state index is -0.728. The minimum Gasteiger partial charge on any atom is -0.368 e. The summed E-state index contributed by atoms with van der Waals surface area (Å²) in [6.07, 6.45) is 4.48. The monoisotopic (exact) mass is 296 g/mol. The van der Waals surface area contributed by atoms with Crippen LogP contribution in [0.2, 0.25) is 0 Å². The first-order valence-corrected chi connectivity index (χ1v) is 7.19. The van der Waals surface area contributed by atoms with Gasteiger partial charge in [0.25, 0.3) is 0 Å². The number of hydrogen-bond donors (Lipinski definition) is 1. The van der Waals surface area contributed by atoms with Gasteiger partial charge in [0.1, 0.15) is 12.1 Å². The van der Waals surface area contributed by atoms with E-state index in [4.69, 9.17) is 4.74 Å². The molecule has 112 valence electrons. The number of nitriles is 1. The lowest BCUT2D eigenvalue weighted by Crippen LogP contribution is -2.36. The molecule has 3 rings (SSSR count). The Morgan fingerprint density at radius 1 is 1.45 bits per heavy atom. The lowest BCUT2D eigenvalue weighted by molar-refractivity contribution is -0.130. The third-order valence-electron chi connectivity index (χ3n) is 3.59. The summed E-state index contributed by atoms with van der Waals surface area (Å²) in [5.74, 6) is -0.239. The van der Waals surface area contributed by atoms with Crippen molar-refractivity contribution in [3.63, 3.8) is 0 Å². The smallest absolute Gasteiger partial charge is 0.250 e. The van der Waals surface area contributed by atoms with E-state index in [1.807, 2.05) is 30.3 Å². The van der Waals surface area contributed by atoms with E-state index in [1.54, 1.807) is 17.1 Å². The third-order valence-corrected chi connectivity index (χ3v) is 3.59. The van der Waals surface area contributed by atoms with Crippen LogP contribution in [0.25, 0.3) is 5.69 Å². The van der Waals surface area contributed by atoms with E-state index in [0.717, 1.165) is 12.1 Å². The summed E-state index contributed by atoms with van der Waals surface area (Å²) in [7, 11) is 0. The molecule has 1 aromatic heterocycles. The van der Waals surface area contributed by atoms with Crippen LogP contribution >= 0.6 is 0 Å². The number of ether oxygens (including phenoxy) is 1. The molecule has 0 unspecified atom stereocenters. The van der Waals surface area contributed by atoms with Crippen LogP contribution in [-0.2, 0) is 9.53 Å². The summed E-state index contributed by atoms with van der Waals surface area (Å²) in [5.41, 5.74) is 1.55. The molecule has 0 bridgehead atoms. The fourth-order valence-electron chi connectivity index (χ4n) is 2.42. The maximum Gasteiger partial charge on any atom is 0.250 e. The van der Waals surface area contributed by atoms with Gasteiger partial charge in [-0.05, 0) is 25.0 Å². The molecule has 1 N–H and O–H groups in total. The van der Waals surface area contributed by atoms with Crippen molar-refractivity contribution >= 4 is 5.91 Å². The fraction of sp³-hybridized carbons (Fsp3) is 0.312. The van der Waals surface area contributed by atoms with E-state index in [0.29, 0.717) is 18.6 Å². The summed E-state index contributed by atoms with van der Waals surface area (Å²) in [6.45, 7) is 0.598. The number of amides is 1. The van der Waals surface area contributed by atoms with Crippen molar-refractivity contribution in [1.29, 1.82) is 5.26 Å². The quantitative estimate of drug-likeness (QED) is 0.931. The van der Waals surface area contributed by atoms with Crippen LogP contribution < -0.4 is 5.32 Å². The molecule has 2 heterocycles. The van der Waals surface area contributed by atoms with Crippen molar-refractivity contribution in [3.8, 4) is 11.8 Å². The highest BCUT2D eigenvalue weighted by Crippen LogP contribution is 2.17. The molecule has 6 nitrogen and oxygen atoms in total. The number of nitrogens with zero attached hydrogens (tertiary/aromatic N) is 3. The Morgan fingerprint density at radius 2 is 2.27 bits per heavy atom. The molecular weight excluding hydrogens is 280 g/mol. The first-order valence-electron chi connectivity index (χ1n) is 7.19. The van der Waals surface area contributed by atoms with Crippen LogP contribution in [0, 0.1) is 11.3 Å². The molecule has 0 saturated carbocycles. The van der Waals surface area contributed by atoms with Crippen LogP contribution in [0.3, 0.4) is 0 Å². The number of nitrogens with one attached hydrogen (secondary N) is 1. The normalized spacial score (nSPS) is 18.6. The van der Waals surface area contributed by atoms with Crippen molar-refractivity contribution in [3.05, 3.63) is 48.3 Å². The van der Waals surface area contributed by atoms with Gasteiger partial charge in [0, 0.05) is 18.4 Å². The second-order valence-electron chi connectivity index (χ2n) is 5.13. The van der Waals surface area contributed by atoms with Crippen molar-refractivity contribution < 1.29 is 9.53 Å². The zero-order valence-corrected chi connectivity index (χ0v) is 12.0. The Labute approximate surface area is 128 Å². The molecule has 6 heteroatoms. The Balaban J connectivity index is 1.73. The second-order valence-corrected chi connectivity index (χ2v) is 5.13. The zero-order chi connectivity index (χ0) is 15.4. The zero-order valence-electron chi connectivity index (χ0n) is 12.0. The van der Waals surface area contributed by atoms with Crippen molar-refractivity contribution in [1.82, 2.24) is 15.1 Å². The van der Waals surface area contributed by atoms with E-state index in [-0.39, 0.29) is 5.91 Å². The third kappa shape index (κ3) is 3.00. The van der Waals surface area contributed by atoms with Gasteiger partial charge >= 0.3 is 0 Å². The standard InChI is InChI=1S/C16H16N4O2/c17-9-14(19-16(21)15-7-4-8-22-15)12-10-18-20(11-12)13-5-2-1-3-6-13/h1-3,5-6,10-11,14-15H,4,7-8H2,(H,19,21)/t14-,15-/m0/s1. The highest BCUT2D eigenvalue weighted by atomic mass is 16.5. The maximum atomic E-state index is 12.1. The average molecular weight is 296 g/mol. The Hall–Kier alpha value is -2.65. The lowest BCUT2D eigenvalue weighted by atomic mass is 10.1. The number of para-hydroxylation sites is 1. The lowest BCUT2D eigenvalue weighted by Gasteiger charge is -2.13. The van der Waals surface area contributed by atoms with Gasteiger partial charge in [-0.3, -0.25) is 4.79 Å². The first kappa shape index (κ1) is 14.3. The van der Waals surface area contributed by atoms with Crippen LogP contribution in [0.15, 0.2) is 42.7 Å². The molecule has 1 amide bonds. The molecule has 1 saturated heterocycles. The molecule has 1 fully saturated rings. The Morgan fingerprint density at radius 3 is 2.95 bits per heavy atom. The van der Waals surface area contributed by atoms with Gasteiger partial charge in [0.2, 0.25) is 5.91 Å². The molecule has 0 radical (unpaired) electrons. The summed E-state index contributed by atoms with van der Waals surface area (Å²) in [4.78, 5) is 12.1. The largest absolute Gasteiger partial charge is 0.368 e. The van der Waals surface area contributed by atoms with E-state index in [9.17, 15) is 10.1 Å². The predicted molar refractivity (Wildman–Crippen MR) is 79.0 cm³/mol. The van der Waals surface area contributed by atoms with Crippen LogP contribution in [0.5, 0.6) is 0 Å². The van der Waals surface area contributed by atoms with Crippen molar-refractivity contribution in [2.75, 3.05) is 6.61 Å². The Bertz CT molecular complexity index is 684. The highest BCUT2D eigenvalue weighted by Gasteiger charge is 2.26. The van der Waals surface area contributed by atoms with Gasteiger partial charge in [0.05, 0.1) is 18.0 Å². The van der Waals surface area contributed by atoms with Gasteiger partial charge in [-0.25, -0.2) is 4.68 Å². The summed E-state index contributed by atoms with van der Waals surface area (Å²) >= 11 is 0. The number of carbonyl (C=O) groups is 1. The summed E-state index contributed by atoms with van der Waals surface area (Å²) in [6, 6.07) is 11.0. The number of aromatic nitrogens is 2.